The van der Waals surface area contributed by atoms with Gasteiger partial charge in [-0.2, -0.15) is 0 Å². The van der Waals surface area contributed by atoms with Crippen LogP contribution in [-0.2, 0) is 49.7 Å². The molecule has 0 saturated heterocycles. The lowest BCUT2D eigenvalue weighted by atomic mass is 9.98. The van der Waals surface area contributed by atoms with Crippen LogP contribution in [0.1, 0.15) is 28.7 Å². The fourth-order valence-electron chi connectivity index (χ4n) is 6.77. The molecule has 7 rings (SSSR count). The van der Waals surface area contributed by atoms with E-state index in [1.54, 1.807) is 48.8 Å². The molecule has 0 saturated carbocycles. The number of aliphatic hydroxyl groups is 1. The van der Waals surface area contributed by atoms with Gasteiger partial charge in [-0.3, -0.25) is 29.0 Å². The lowest BCUT2D eigenvalue weighted by molar-refractivity contribution is -0.134. The summed E-state index contributed by atoms with van der Waals surface area (Å²) in [5, 5.41) is 23.4. The number of pyridine rings is 1. The minimum atomic E-state index is -1.19. The Morgan fingerprint density at radius 3 is 1.88 bits per heavy atom. The van der Waals surface area contributed by atoms with Crippen LogP contribution in [-0.4, -0.2) is 83.6 Å². The van der Waals surface area contributed by atoms with Gasteiger partial charge >= 0.3 is 0 Å². The van der Waals surface area contributed by atoms with Crippen LogP contribution in [0.25, 0.3) is 11.1 Å². The average molecular weight is 797 g/mol. The molecule has 5 aromatic rings. The third-order valence-electron chi connectivity index (χ3n) is 9.95. The number of hydrogen-bond donors (Lipinski definition) is 6. The minimum absolute atomic E-state index is 0.0237. The Bertz CT molecular complexity index is 2150. The fraction of sp³-hybridized carbons (Fsp3) is 0.261. The van der Waals surface area contributed by atoms with Crippen molar-refractivity contribution in [3.05, 3.63) is 156 Å². The molecule has 2 aliphatic rings. The molecule has 2 bridgehead atoms. The number of aromatic nitrogens is 1. The van der Waals surface area contributed by atoms with Gasteiger partial charge in [-0.15, -0.1) is 0 Å². The molecule has 0 spiro atoms. The quantitative estimate of drug-likeness (QED) is 0.110. The first-order valence-electron chi connectivity index (χ1n) is 19.6. The maximum Gasteiger partial charge on any atom is 0.258 e. The van der Waals surface area contributed by atoms with Crippen LogP contribution in [0.15, 0.2) is 134 Å². The predicted molar refractivity (Wildman–Crippen MR) is 222 cm³/mol. The van der Waals surface area contributed by atoms with Gasteiger partial charge in [0.25, 0.3) is 5.91 Å². The van der Waals surface area contributed by atoms with Crippen molar-refractivity contribution in [2.75, 3.05) is 19.8 Å². The predicted octanol–water partition coefficient (Wildman–Crippen LogP) is 2.85. The maximum absolute atomic E-state index is 14.5. The molecule has 4 aromatic carbocycles. The molecule has 0 radical (unpaired) electrons. The summed E-state index contributed by atoms with van der Waals surface area (Å²) in [6.07, 6.45) is 3.99. The van der Waals surface area contributed by atoms with E-state index in [1.807, 2.05) is 84.9 Å². The number of nitrogens with zero attached hydrogens (tertiary/aromatic N) is 1. The number of benzene rings is 4. The zero-order valence-corrected chi connectivity index (χ0v) is 32.5. The molecule has 0 aliphatic carbocycles. The molecule has 3 heterocycles. The molecule has 304 valence electrons. The van der Waals surface area contributed by atoms with E-state index in [-0.39, 0.29) is 38.8 Å². The van der Waals surface area contributed by atoms with Crippen molar-refractivity contribution in [2.45, 2.75) is 56.3 Å². The molecule has 0 fully saturated rings. The molecule has 59 heavy (non-hydrogen) atoms. The van der Waals surface area contributed by atoms with Gasteiger partial charge in [0.15, 0.2) is 6.61 Å². The first-order valence-corrected chi connectivity index (χ1v) is 19.6. The Kier molecular flexibility index (Phi) is 14.9. The topological polar surface area (TPSA) is 188 Å². The molecule has 2 aliphatic heterocycles. The van der Waals surface area contributed by atoms with Gasteiger partial charge in [0.1, 0.15) is 29.9 Å². The van der Waals surface area contributed by atoms with Crippen molar-refractivity contribution in [2.24, 2.45) is 0 Å². The fourth-order valence-corrected chi connectivity index (χ4v) is 6.77. The minimum Gasteiger partial charge on any atom is -0.484 e. The summed E-state index contributed by atoms with van der Waals surface area (Å²) in [6, 6.07) is 32.6. The number of aryl methyl sites for hydroxylation is 1. The third-order valence-corrected chi connectivity index (χ3v) is 9.95. The molecule has 5 amide bonds. The van der Waals surface area contributed by atoms with Gasteiger partial charge in [0, 0.05) is 38.2 Å². The van der Waals surface area contributed by atoms with Crippen molar-refractivity contribution >= 4 is 29.5 Å². The van der Waals surface area contributed by atoms with E-state index in [1.165, 1.54) is 0 Å². The van der Waals surface area contributed by atoms with Crippen LogP contribution in [0, 0.1) is 0 Å². The van der Waals surface area contributed by atoms with Gasteiger partial charge in [-0.05, 0) is 70.5 Å². The van der Waals surface area contributed by atoms with E-state index >= 15 is 0 Å². The normalized spacial score (nSPS) is 19.1. The first kappa shape index (κ1) is 41.8. The molecule has 13 nitrogen and oxygen atoms in total. The molecule has 13 heteroatoms. The number of fused-ring (bicyclic) bond motifs is 16. The summed E-state index contributed by atoms with van der Waals surface area (Å²) in [6.45, 7) is -0.722. The van der Waals surface area contributed by atoms with Crippen LogP contribution in [0.2, 0.25) is 0 Å². The summed E-state index contributed by atoms with van der Waals surface area (Å²) in [4.78, 5) is 73.7. The van der Waals surface area contributed by atoms with E-state index in [0.29, 0.717) is 17.7 Å². The average Bonchev–Trinajstić information content (AvgIpc) is 3.26. The van der Waals surface area contributed by atoms with E-state index in [2.05, 4.69) is 31.6 Å². The van der Waals surface area contributed by atoms with Crippen LogP contribution < -0.4 is 31.3 Å². The summed E-state index contributed by atoms with van der Waals surface area (Å²) < 4.78 is 5.76. The highest BCUT2D eigenvalue weighted by Crippen LogP contribution is 2.20. The molecule has 1 aromatic heterocycles. The van der Waals surface area contributed by atoms with Gasteiger partial charge in [0.05, 0.1) is 6.61 Å². The van der Waals surface area contributed by atoms with Crippen LogP contribution in [0.3, 0.4) is 0 Å². The van der Waals surface area contributed by atoms with Crippen molar-refractivity contribution in [1.29, 1.82) is 0 Å². The number of aliphatic hydroxyl groups excluding tert-OH is 1. The number of rotatable bonds is 11. The smallest absolute Gasteiger partial charge is 0.258 e. The number of ether oxygens (including phenoxy) is 1. The van der Waals surface area contributed by atoms with Gasteiger partial charge < -0.3 is 36.4 Å². The maximum atomic E-state index is 14.5. The standard InChI is InChI=1S/C46H48N6O7/c53-26-25-48-43(55)39-27-33-13-18-37(19-14-33)59-30-42(54)49-40(29-34-21-23-47-24-22-34)45(57)52-41(28-32-11-16-36(17-12-32)35-9-5-2-6-10-35)46(58)50-38(44(56)51-39)20-15-31-7-3-1-4-8-31/h1-14,16-19,21-24,38-41,53H,15,20,25-30H2,(H,48,55)(H,49,54)(H,50,58)(H,51,56)(H,52,57)/t38-,39-,40-,41+/m0/s1. The molecule has 6 N–H and O–H groups in total. The first-order chi connectivity index (χ1) is 28.7. The number of hydrogen-bond acceptors (Lipinski definition) is 8. The third kappa shape index (κ3) is 12.6. The summed E-state index contributed by atoms with van der Waals surface area (Å²) in [5.74, 6) is -2.56. The monoisotopic (exact) mass is 796 g/mol. The van der Waals surface area contributed by atoms with E-state index < -0.39 is 60.3 Å². The Labute approximate surface area is 343 Å². The second-order valence-electron chi connectivity index (χ2n) is 14.3. The van der Waals surface area contributed by atoms with E-state index in [0.717, 1.165) is 27.8 Å². The molecular formula is C46H48N6O7. The van der Waals surface area contributed by atoms with Crippen LogP contribution in [0.5, 0.6) is 5.75 Å². The second kappa shape index (κ2) is 21.1. The van der Waals surface area contributed by atoms with Gasteiger partial charge in [-0.25, -0.2) is 0 Å². The van der Waals surface area contributed by atoms with Gasteiger partial charge in [0.2, 0.25) is 23.6 Å². The Hall–Kier alpha value is -6.86. The Morgan fingerprint density at radius 1 is 0.644 bits per heavy atom. The largest absolute Gasteiger partial charge is 0.484 e. The van der Waals surface area contributed by atoms with Crippen LogP contribution >= 0.6 is 0 Å². The van der Waals surface area contributed by atoms with Crippen LogP contribution in [0.4, 0.5) is 0 Å². The highest BCUT2D eigenvalue weighted by atomic mass is 16.5. The van der Waals surface area contributed by atoms with Crippen molar-refractivity contribution in [3.63, 3.8) is 0 Å². The molecular weight excluding hydrogens is 749 g/mol. The Morgan fingerprint density at radius 2 is 1.22 bits per heavy atom. The summed E-state index contributed by atoms with van der Waals surface area (Å²) in [5.41, 5.74) is 5.06. The second-order valence-corrected chi connectivity index (χ2v) is 14.3. The zero-order valence-electron chi connectivity index (χ0n) is 32.5. The van der Waals surface area contributed by atoms with Crippen molar-refractivity contribution < 1.29 is 33.8 Å². The number of carbonyl (C=O) groups is 5. The highest BCUT2D eigenvalue weighted by molar-refractivity contribution is 5.96. The lowest BCUT2D eigenvalue weighted by Gasteiger charge is -2.27. The molecule has 4 atom stereocenters. The number of carbonyl (C=O) groups excluding carboxylic acids is 5. The molecule has 0 unspecified atom stereocenters. The zero-order chi connectivity index (χ0) is 41.4. The number of nitrogens with one attached hydrogen (secondary N) is 5. The SMILES string of the molecule is O=C1COc2ccc(cc2)C[C@@H](C(=O)NCCO)NC(=O)[C@H](CCc2ccccc2)NC(=O)[C@@H](Cc2ccc(-c3ccccc3)cc2)NC(=O)[C@H](Cc2ccncc2)N1. The van der Waals surface area contributed by atoms with Crippen molar-refractivity contribution in [1.82, 2.24) is 31.6 Å². The summed E-state index contributed by atoms with van der Waals surface area (Å²) in [7, 11) is 0. The van der Waals surface area contributed by atoms with E-state index in [9.17, 15) is 29.1 Å². The highest BCUT2D eigenvalue weighted by Gasteiger charge is 2.32. The Balaban J connectivity index is 1.34. The van der Waals surface area contributed by atoms with Crippen molar-refractivity contribution in [3.8, 4) is 16.9 Å². The summed E-state index contributed by atoms with van der Waals surface area (Å²) >= 11 is 0. The number of amides is 5. The van der Waals surface area contributed by atoms with E-state index in [4.69, 9.17) is 4.74 Å². The van der Waals surface area contributed by atoms with Gasteiger partial charge in [-0.1, -0.05) is 97.1 Å². The lowest BCUT2D eigenvalue weighted by Crippen LogP contribution is -2.59.